The largest absolute Gasteiger partial charge is 0.385 e. The molecule has 0 aliphatic heterocycles. The van der Waals surface area contributed by atoms with Crippen molar-refractivity contribution in [2.24, 2.45) is 0 Å². The fraction of sp³-hybridized carbons (Fsp3) is 0.625. The summed E-state index contributed by atoms with van der Waals surface area (Å²) in [6.07, 6.45) is 0.930. The van der Waals surface area contributed by atoms with Crippen LogP contribution in [-0.4, -0.2) is 47.2 Å². The van der Waals surface area contributed by atoms with Crippen LogP contribution >= 0.6 is 0 Å². The first-order valence-corrected chi connectivity index (χ1v) is 7.16. The molecule has 0 aliphatic carbocycles. The van der Waals surface area contributed by atoms with Crippen LogP contribution in [0.5, 0.6) is 0 Å². The minimum atomic E-state index is 0.226. The molecule has 0 bridgehead atoms. The molecule has 1 rings (SSSR count). The van der Waals surface area contributed by atoms with Gasteiger partial charge in [0.2, 0.25) is 0 Å². The quantitative estimate of drug-likeness (QED) is 0.632. The molecule has 0 radical (unpaired) electrons. The average molecular weight is 281 g/mol. The van der Waals surface area contributed by atoms with Gasteiger partial charge in [0.25, 0.3) is 0 Å². The van der Waals surface area contributed by atoms with Gasteiger partial charge in [0, 0.05) is 20.3 Å². The van der Waals surface area contributed by atoms with Gasteiger partial charge in [-0.25, -0.2) is 0 Å². The summed E-state index contributed by atoms with van der Waals surface area (Å²) >= 11 is 0. The lowest BCUT2D eigenvalue weighted by molar-refractivity contribution is 0.0330. The number of ether oxygens (including phenoxy) is 3. The summed E-state index contributed by atoms with van der Waals surface area (Å²) in [5.74, 6) is 0. The molecule has 114 valence electrons. The smallest absolute Gasteiger partial charge is 0.0701 e. The van der Waals surface area contributed by atoms with Crippen LogP contribution in [0.25, 0.3) is 0 Å². The summed E-state index contributed by atoms with van der Waals surface area (Å²) < 4.78 is 16.1. The molecule has 1 aromatic rings. The van der Waals surface area contributed by atoms with Crippen LogP contribution in [0.4, 0.5) is 0 Å². The molecular weight excluding hydrogens is 254 g/mol. The second-order valence-electron chi connectivity index (χ2n) is 4.79. The van der Waals surface area contributed by atoms with Crippen LogP contribution in [0.1, 0.15) is 23.6 Å². The lowest BCUT2D eigenvalue weighted by atomic mass is 10.1. The Kier molecular flexibility index (Phi) is 9.24. The van der Waals surface area contributed by atoms with Gasteiger partial charge in [-0.05, 0) is 26.0 Å². The van der Waals surface area contributed by atoms with E-state index >= 15 is 0 Å². The predicted octanol–water partition coefficient (Wildman–Crippen LogP) is 2.33. The molecule has 0 aromatic heterocycles. The first kappa shape index (κ1) is 17.1. The number of hydrogen-bond donors (Lipinski definition) is 1. The normalized spacial score (nSPS) is 12.6. The van der Waals surface area contributed by atoms with Crippen molar-refractivity contribution in [1.29, 1.82) is 0 Å². The Morgan fingerprint density at radius 3 is 2.35 bits per heavy atom. The van der Waals surface area contributed by atoms with Crippen molar-refractivity contribution in [1.82, 2.24) is 5.32 Å². The molecule has 0 spiro atoms. The van der Waals surface area contributed by atoms with E-state index in [1.165, 1.54) is 11.1 Å². The summed E-state index contributed by atoms with van der Waals surface area (Å²) in [5, 5.41) is 3.27. The van der Waals surface area contributed by atoms with E-state index in [1.807, 2.05) is 7.05 Å². The maximum Gasteiger partial charge on any atom is 0.0701 e. The summed E-state index contributed by atoms with van der Waals surface area (Å²) in [6.45, 7) is 5.47. The molecule has 0 fully saturated rings. The molecule has 1 atom stereocenters. The topological polar surface area (TPSA) is 39.7 Å². The van der Waals surface area contributed by atoms with Gasteiger partial charge in [0.05, 0.1) is 25.9 Å². The molecule has 4 heteroatoms. The van der Waals surface area contributed by atoms with Crippen LogP contribution in [0.15, 0.2) is 24.3 Å². The van der Waals surface area contributed by atoms with Crippen molar-refractivity contribution >= 4 is 0 Å². The Morgan fingerprint density at radius 1 is 1.00 bits per heavy atom. The van der Waals surface area contributed by atoms with Gasteiger partial charge in [-0.1, -0.05) is 29.8 Å². The Labute approximate surface area is 122 Å². The van der Waals surface area contributed by atoms with E-state index < -0.39 is 0 Å². The highest BCUT2D eigenvalue weighted by Crippen LogP contribution is 2.13. The van der Waals surface area contributed by atoms with E-state index in [1.54, 1.807) is 7.11 Å². The fourth-order valence-electron chi connectivity index (χ4n) is 1.87. The number of aryl methyl sites for hydroxylation is 1. The van der Waals surface area contributed by atoms with Gasteiger partial charge < -0.3 is 19.5 Å². The summed E-state index contributed by atoms with van der Waals surface area (Å²) in [6, 6.07) is 8.75. The van der Waals surface area contributed by atoms with Gasteiger partial charge in [-0.3, -0.25) is 0 Å². The van der Waals surface area contributed by atoms with Gasteiger partial charge in [0.1, 0.15) is 0 Å². The van der Waals surface area contributed by atoms with Gasteiger partial charge in [-0.15, -0.1) is 0 Å². The maximum absolute atomic E-state index is 5.66. The van der Waals surface area contributed by atoms with Crippen molar-refractivity contribution in [3.63, 3.8) is 0 Å². The van der Waals surface area contributed by atoms with Crippen LogP contribution in [0, 0.1) is 6.92 Å². The predicted molar refractivity (Wildman–Crippen MR) is 81.1 cm³/mol. The lowest BCUT2D eigenvalue weighted by Gasteiger charge is -2.17. The Hall–Kier alpha value is -0.940. The summed E-state index contributed by atoms with van der Waals surface area (Å²) in [5.41, 5.74) is 2.52. The molecule has 0 saturated carbocycles. The fourth-order valence-corrected chi connectivity index (χ4v) is 1.87. The van der Waals surface area contributed by atoms with E-state index in [9.17, 15) is 0 Å². The van der Waals surface area contributed by atoms with Gasteiger partial charge in [0.15, 0.2) is 0 Å². The monoisotopic (exact) mass is 281 g/mol. The Morgan fingerprint density at radius 2 is 1.70 bits per heavy atom. The van der Waals surface area contributed by atoms with Crippen LogP contribution in [-0.2, 0) is 14.2 Å². The standard InChI is InChI=1S/C16H27NO3/c1-14-5-7-15(8-6-14)16(17-2)13-20-12-11-19-10-4-9-18-3/h5-8,16-17H,4,9-13H2,1-3H3. The zero-order valence-corrected chi connectivity index (χ0v) is 12.9. The van der Waals surface area contributed by atoms with E-state index in [-0.39, 0.29) is 6.04 Å². The van der Waals surface area contributed by atoms with Crippen LogP contribution in [0.2, 0.25) is 0 Å². The highest BCUT2D eigenvalue weighted by molar-refractivity contribution is 5.24. The van der Waals surface area contributed by atoms with Crippen molar-refractivity contribution < 1.29 is 14.2 Å². The summed E-state index contributed by atoms with van der Waals surface area (Å²) in [7, 11) is 3.65. The van der Waals surface area contributed by atoms with Crippen LogP contribution in [0.3, 0.4) is 0 Å². The van der Waals surface area contributed by atoms with Crippen molar-refractivity contribution in [2.75, 3.05) is 47.2 Å². The molecule has 0 amide bonds. The molecule has 1 N–H and O–H groups in total. The van der Waals surface area contributed by atoms with E-state index in [2.05, 4.69) is 36.5 Å². The van der Waals surface area contributed by atoms with E-state index in [0.717, 1.165) is 19.6 Å². The average Bonchev–Trinajstić information content (AvgIpc) is 2.47. The van der Waals surface area contributed by atoms with E-state index in [4.69, 9.17) is 14.2 Å². The molecule has 0 saturated heterocycles. The first-order valence-electron chi connectivity index (χ1n) is 7.16. The third-order valence-electron chi connectivity index (χ3n) is 3.12. The minimum Gasteiger partial charge on any atom is -0.385 e. The molecule has 20 heavy (non-hydrogen) atoms. The highest BCUT2D eigenvalue weighted by Gasteiger charge is 2.08. The second-order valence-corrected chi connectivity index (χ2v) is 4.79. The van der Waals surface area contributed by atoms with Crippen molar-refractivity contribution in [2.45, 2.75) is 19.4 Å². The minimum absolute atomic E-state index is 0.226. The zero-order chi connectivity index (χ0) is 14.6. The van der Waals surface area contributed by atoms with Gasteiger partial charge in [-0.2, -0.15) is 0 Å². The van der Waals surface area contributed by atoms with Gasteiger partial charge >= 0.3 is 0 Å². The van der Waals surface area contributed by atoms with Crippen molar-refractivity contribution in [3.8, 4) is 0 Å². The number of nitrogens with one attached hydrogen (secondary N) is 1. The number of methoxy groups -OCH3 is 1. The molecule has 1 unspecified atom stereocenters. The Bertz CT molecular complexity index is 340. The lowest BCUT2D eigenvalue weighted by Crippen LogP contribution is -2.22. The Balaban J connectivity index is 2.14. The molecule has 0 aliphatic rings. The van der Waals surface area contributed by atoms with Crippen LogP contribution < -0.4 is 5.32 Å². The highest BCUT2D eigenvalue weighted by atomic mass is 16.5. The third kappa shape index (κ3) is 7.01. The van der Waals surface area contributed by atoms with E-state index in [0.29, 0.717) is 19.8 Å². The number of rotatable bonds is 11. The number of hydrogen-bond acceptors (Lipinski definition) is 4. The molecule has 4 nitrogen and oxygen atoms in total. The maximum atomic E-state index is 5.66. The second kappa shape index (κ2) is 10.8. The van der Waals surface area contributed by atoms with Crippen molar-refractivity contribution in [3.05, 3.63) is 35.4 Å². The number of likely N-dealkylation sites (N-methyl/N-ethyl adjacent to an activating group) is 1. The third-order valence-corrected chi connectivity index (χ3v) is 3.12. The zero-order valence-electron chi connectivity index (χ0n) is 12.9. The summed E-state index contributed by atoms with van der Waals surface area (Å²) in [4.78, 5) is 0. The first-order chi connectivity index (χ1) is 9.77. The molecule has 1 aromatic carbocycles. The molecule has 0 heterocycles. The SMILES string of the molecule is CNC(COCCOCCCOC)c1ccc(C)cc1. The molecular formula is C16H27NO3. The number of benzene rings is 1.